The molecule has 0 aliphatic carbocycles. The van der Waals surface area contributed by atoms with E-state index in [2.05, 4.69) is 15.2 Å². The van der Waals surface area contributed by atoms with Gasteiger partial charge in [-0.25, -0.2) is 8.42 Å². The fourth-order valence-corrected chi connectivity index (χ4v) is 3.38. The molecule has 3 aromatic rings. The van der Waals surface area contributed by atoms with Crippen LogP contribution in [0, 0.1) is 6.92 Å². The number of nitrogens with one attached hydrogen (secondary N) is 2. The quantitative estimate of drug-likeness (QED) is 0.574. The maximum Gasteiger partial charge on any atom is 0.263 e. The zero-order valence-corrected chi connectivity index (χ0v) is 16.6. The van der Waals surface area contributed by atoms with Gasteiger partial charge in [0.05, 0.1) is 12.0 Å². The predicted octanol–water partition coefficient (Wildman–Crippen LogP) is 3.44. The average molecular weight is 413 g/mol. The smallest absolute Gasteiger partial charge is 0.263 e. The molecule has 0 spiro atoms. The number of benzene rings is 2. The molecule has 0 fully saturated rings. The molecule has 0 radical (unpaired) electrons. The highest BCUT2D eigenvalue weighted by Crippen LogP contribution is 2.18. The lowest BCUT2D eigenvalue weighted by Crippen LogP contribution is -2.13. The fraction of sp³-hybridized carbons (Fsp3) is 0.100. The normalized spacial score (nSPS) is 11.4. The Morgan fingerprint density at radius 3 is 2.38 bits per heavy atom. The lowest BCUT2D eigenvalue weighted by atomic mass is 10.2. The van der Waals surface area contributed by atoms with Gasteiger partial charge in [-0.2, -0.15) is 0 Å². The molecule has 1 aromatic heterocycles. The number of rotatable bonds is 7. The van der Waals surface area contributed by atoms with E-state index in [0.717, 1.165) is 11.3 Å². The van der Waals surface area contributed by atoms with E-state index >= 15 is 0 Å². The molecule has 0 saturated heterocycles. The Morgan fingerprint density at radius 2 is 1.79 bits per heavy atom. The number of anilines is 2. The van der Waals surface area contributed by atoms with Crippen molar-refractivity contribution >= 4 is 33.5 Å². The summed E-state index contributed by atoms with van der Waals surface area (Å²) in [5.74, 6) is 0.981. The lowest BCUT2D eigenvalue weighted by Gasteiger charge is -2.07. The van der Waals surface area contributed by atoms with Crippen LogP contribution in [0.25, 0.3) is 6.08 Å². The molecule has 150 valence electrons. The Labute approximate surface area is 168 Å². The third kappa shape index (κ3) is 5.45. The highest BCUT2D eigenvalue weighted by Gasteiger charge is 2.16. The van der Waals surface area contributed by atoms with Crippen molar-refractivity contribution < 1.29 is 22.5 Å². The van der Waals surface area contributed by atoms with Gasteiger partial charge in [-0.1, -0.05) is 17.3 Å². The van der Waals surface area contributed by atoms with Gasteiger partial charge in [0.1, 0.15) is 11.5 Å². The van der Waals surface area contributed by atoms with Gasteiger partial charge in [0.15, 0.2) is 5.82 Å². The maximum atomic E-state index is 12.3. The van der Waals surface area contributed by atoms with Crippen LogP contribution < -0.4 is 14.8 Å². The van der Waals surface area contributed by atoms with Gasteiger partial charge in [-0.3, -0.25) is 9.52 Å². The number of aryl methyl sites for hydroxylation is 1. The minimum absolute atomic E-state index is 0.0323. The molecule has 0 bridgehead atoms. The second kappa shape index (κ2) is 8.61. The molecule has 2 N–H and O–H groups in total. The van der Waals surface area contributed by atoms with Crippen LogP contribution in [-0.4, -0.2) is 26.6 Å². The van der Waals surface area contributed by atoms with E-state index in [4.69, 9.17) is 9.26 Å². The minimum Gasteiger partial charge on any atom is -0.497 e. The Kier molecular flexibility index (Phi) is 5.99. The van der Waals surface area contributed by atoms with Crippen LogP contribution in [0.15, 0.2) is 70.1 Å². The molecule has 2 aromatic carbocycles. The molecule has 29 heavy (non-hydrogen) atoms. The highest BCUT2D eigenvalue weighted by atomic mass is 32.2. The van der Waals surface area contributed by atoms with Gasteiger partial charge in [-0.05, 0) is 55.0 Å². The summed E-state index contributed by atoms with van der Waals surface area (Å²) in [5, 5.41) is 6.28. The number of methoxy groups -OCH3 is 1. The summed E-state index contributed by atoms with van der Waals surface area (Å²) in [4.78, 5) is 12.1. The van der Waals surface area contributed by atoms with E-state index in [9.17, 15) is 13.2 Å². The summed E-state index contributed by atoms with van der Waals surface area (Å²) in [5.41, 5.74) is 1.31. The lowest BCUT2D eigenvalue weighted by molar-refractivity contribution is -0.111. The fourth-order valence-electron chi connectivity index (χ4n) is 2.40. The van der Waals surface area contributed by atoms with Crippen LogP contribution in [0.5, 0.6) is 5.75 Å². The van der Waals surface area contributed by atoms with E-state index in [0.29, 0.717) is 11.4 Å². The Morgan fingerprint density at radius 1 is 1.10 bits per heavy atom. The number of hydrogen-bond acceptors (Lipinski definition) is 6. The van der Waals surface area contributed by atoms with Gasteiger partial charge in [0, 0.05) is 17.8 Å². The predicted molar refractivity (Wildman–Crippen MR) is 109 cm³/mol. The van der Waals surface area contributed by atoms with Crippen molar-refractivity contribution in [3.63, 3.8) is 0 Å². The summed E-state index contributed by atoms with van der Waals surface area (Å²) in [7, 11) is -2.22. The third-order valence-electron chi connectivity index (χ3n) is 3.84. The van der Waals surface area contributed by atoms with Crippen molar-refractivity contribution in [3.8, 4) is 5.75 Å². The molecule has 0 aliphatic rings. The summed E-state index contributed by atoms with van der Waals surface area (Å²) in [6.07, 6.45) is 3.05. The molecular weight excluding hydrogens is 394 g/mol. The Hall–Kier alpha value is -3.59. The van der Waals surface area contributed by atoms with Crippen LogP contribution in [0.4, 0.5) is 11.5 Å². The monoisotopic (exact) mass is 413 g/mol. The maximum absolute atomic E-state index is 12.3. The first-order valence-corrected chi connectivity index (χ1v) is 10.0. The molecule has 0 atom stereocenters. The second-order valence-corrected chi connectivity index (χ2v) is 7.73. The van der Waals surface area contributed by atoms with Gasteiger partial charge in [-0.15, -0.1) is 0 Å². The van der Waals surface area contributed by atoms with Gasteiger partial charge >= 0.3 is 0 Å². The van der Waals surface area contributed by atoms with E-state index in [-0.39, 0.29) is 16.6 Å². The number of carbonyl (C=O) groups excluding carboxylic acids is 1. The molecule has 8 nitrogen and oxygen atoms in total. The van der Waals surface area contributed by atoms with Crippen molar-refractivity contribution in [2.45, 2.75) is 11.8 Å². The van der Waals surface area contributed by atoms with Crippen molar-refractivity contribution in [1.82, 2.24) is 5.16 Å². The molecule has 0 saturated carbocycles. The molecule has 1 amide bonds. The van der Waals surface area contributed by atoms with Crippen LogP contribution in [-0.2, 0) is 14.8 Å². The van der Waals surface area contributed by atoms with Gasteiger partial charge < -0.3 is 14.6 Å². The third-order valence-corrected chi connectivity index (χ3v) is 5.21. The van der Waals surface area contributed by atoms with Gasteiger partial charge in [0.25, 0.3) is 10.0 Å². The molecule has 0 unspecified atom stereocenters. The SMILES string of the molecule is COc1ccc(C=CC(=O)Nc2ccc(S(=O)(=O)Nc3cc(C)on3)cc2)cc1. The van der Waals surface area contributed by atoms with Crippen molar-refractivity contribution in [2.75, 3.05) is 17.1 Å². The van der Waals surface area contributed by atoms with Crippen molar-refractivity contribution in [2.24, 2.45) is 0 Å². The number of ether oxygens (including phenoxy) is 1. The molecule has 0 aliphatic heterocycles. The standard InChI is InChI=1S/C20H19N3O5S/c1-14-13-19(22-28-14)23-29(25,26)18-10-6-16(7-11-18)21-20(24)12-5-15-3-8-17(27-2)9-4-15/h3-13H,1-2H3,(H,21,24)(H,22,23). The van der Waals surface area contributed by atoms with E-state index < -0.39 is 10.0 Å². The minimum atomic E-state index is -3.81. The number of nitrogens with zero attached hydrogens (tertiary/aromatic N) is 1. The van der Waals surface area contributed by atoms with Crippen LogP contribution in [0.1, 0.15) is 11.3 Å². The zero-order chi connectivity index (χ0) is 20.9. The first-order valence-electron chi connectivity index (χ1n) is 8.55. The largest absolute Gasteiger partial charge is 0.497 e. The topological polar surface area (TPSA) is 111 Å². The molecule has 3 rings (SSSR count). The number of amides is 1. The number of carbonyl (C=O) groups is 1. The van der Waals surface area contributed by atoms with E-state index in [1.807, 2.05) is 12.1 Å². The number of hydrogen-bond donors (Lipinski definition) is 2. The van der Waals surface area contributed by atoms with E-state index in [1.165, 1.54) is 36.4 Å². The van der Waals surface area contributed by atoms with Crippen molar-refractivity contribution in [1.29, 1.82) is 0 Å². The molecule has 9 heteroatoms. The average Bonchev–Trinajstić information content (AvgIpc) is 3.11. The van der Waals surface area contributed by atoms with E-state index in [1.54, 1.807) is 32.2 Å². The zero-order valence-electron chi connectivity index (χ0n) is 15.7. The Bertz CT molecular complexity index is 1120. The first kappa shape index (κ1) is 20.2. The van der Waals surface area contributed by atoms with Crippen LogP contribution >= 0.6 is 0 Å². The number of aromatic nitrogens is 1. The van der Waals surface area contributed by atoms with Crippen molar-refractivity contribution in [3.05, 3.63) is 72.0 Å². The first-order chi connectivity index (χ1) is 13.9. The summed E-state index contributed by atoms with van der Waals surface area (Å²) in [6.45, 7) is 1.66. The molecule has 1 heterocycles. The highest BCUT2D eigenvalue weighted by molar-refractivity contribution is 7.92. The second-order valence-electron chi connectivity index (χ2n) is 6.05. The Balaban J connectivity index is 1.62. The van der Waals surface area contributed by atoms with Gasteiger partial charge in [0.2, 0.25) is 5.91 Å². The summed E-state index contributed by atoms with van der Waals surface area (Å²) >= 11 is 0. The summed E-state index contributed by atoms with van der Waals surface area (Å²) in [6, 6.07) is 14.5. The molecular formula is C20H19N3O5S. The summed E-state index contributed by atoms with van der Waals surface area (Å²) < 4.78 is 36.9. The van der Waals surface area contributed by atoms with Crippen LogP contribution in [0.3, 0.4) is 0 Å². The van der Waals surface area contributed by atoms with Crippen LogP contribution in [0.2, 0.25) is 0 Å². The number of sulfonamides is 1.